The molecule has 0 aromatic heterocycles. The summed E-state index contributed by atoms with van der Waals surface area (Å²) in [7, 11) is -4.21. The summed E-state index contributed by atoms with van der Waals surface area (Å²) in [6.45, 7) is -1.03. The zero-order valence-electron chi connectivity index (χ0n) is 6.59. The molecule has 0 radical (unpaired) electrons. The van der Waals surface area contributed by atoms with Gasteiger partial charge in [0.1, 0.15) is 5.41 Å². The number of hydrogen-bond acceptors (Lipinski definition) is 4. The van der Waals surface area contributed by atoms with E-state index in [0.717, 1.165) is 6.92 Å². The van der Waals surface area contributed by atoms with Crippen LogP contribution in [-0.4, -0.2) is 27.8 Å². The Labute approximate surface area is 73.0 Å². The highest BCUT2D eigenvalue weighted by atomic mass is 32.3. The monoisotopic (exact) mass is 220 g/mol. The predicted octanol–water partition coefficient (Wildman–Crippen LogP) is 0.847. The topological polar surface area (TPSA) is 52.6 Å². The van der Waals surface area contributed by atoms with E-state index in [4.69, 9.17) is 0 Å². The van der Waals surface area contributed by atoms with Gasteiger partial charge in [0.2, 0.25) is 0 Å². The Bertz CT molecular complexity index is 279. The number of halogens is 3. The summed E-state index contributed by atoms with van der Waals surface area (Å²) in [6, 6.07) is 0. The lowest BCUT2D eigenvalue weighted by Crippen LogP contribution is -2.47. The molecule has 0 aromatic carbocycles. The molecular weight excluding hydrogens is 213 g/mol. The Kier molecular flexibility index (Phi) is 2.33. The van der Waals surface area contributed by atoms with Crippen LogP contribution in [0.1, 0.15) is 6.92 Å². The van der Waals surface area contributed by atoms with Crippen molar-refractivity contribution in [2.75, 3.05) is 13.2 Å². The summed E-state index contributed by atoms with van der Waals surface area (Å²) in [6.07, 6.45) is -4.54. The fourth-order valence-electron chi connectivity index (χ4n) is 0.644. The van der Waals surface area contributed by atoms with Crippen molar-refractivity contribution in [3.8, 4) is 0 Å². The van der Waals surface area contributed by atoms with Crippen LogP contribution in [-0.2, 0) is 18.8 Å². The zero-order valence-corrected chi connectivity index (χ0v) is 7.41. The van der Waals surface area contributed by atoms with E-state index in [9.17, 15) is 21.6 Å². The SMILES string of the molecule is CC1(C(F)(F)F)COS(=O)(=O)OC1. The first-order valence-electron chi connectivity index (χ1n) is 3.27. The van der Waals surface area contributed by atoms with Crippen LogP contribution in [0, 0.1) is 5.41 Å². The van der Waals surface area contributed by atoms with Gasteiger partial charge in [0.25, 0.3) is 0 Å². The van der Waals surface area contributed by atoms with Gasteiger partial charge >= 0.3 is 16.6 Å². The maximum Gasteiger partial charge on any atom is 0.399 e. The molecule has 4 nitrogen and oxygen atoms in total. The Morgan fingerprint density at radius 3 is 1.92 bits per heavy atom. The molecule has 13 heavy (non-hydrogen) atoms. The molecule has 0 amide bonds. The van der Waals surface area contributed by atoms with Crippen molar-refractivity contribution in [2.45, 2.75) is 13.1 Å². The molecule has 0 aromatic rings. The fraction of sp³-hybridized carbons (Fsp3) is 1.00. The lowest BCUT2D eigenvalue weighted by atomic mass is 9.92. The maximum absolute atomic E-state index is 12.2. The minimum absolute atomic E-state index is 0.835. The molecule has 8 heteroatoms. The molecule has 0 saturated carbocycles. The van der Waals surface area contributed by atoms with Gasteiger partial charge in [-0.1, -0.05) is 0 Å². The first-order chi connectivity index (χ1) is 5.66. The molecule has 1 aliphatic heterocycles. The van der Waals surface area contributed by atoms with E-state index in [1.807, 2.05) is 0 Å². The Morgan fingerprint density at radius 1 is 1.23 bits per heavy atom. The van der Waals surface area contributed by atoms with E-state index >= 15 is 0 Å². The molecule has 1 fully saturated rings. The third kappa shape index (κ3) is 2.12. The van der Waals surface area contributed by atoms with Crippen molar-refractivity contribution in [3.63, 3.8) is 0 Å². The second kappa shape index (κ2) is 2.82. The highest BCUT2D eigenvalue weighted by molar-refractivity contribution is 7.81. The van der Waals surface area contributed by atoms with E-state index in [1.165, 1.54) is 0 Å². The third-order valence-electron chi connectivity index (χ3n) is 1.73. The minimum atomic E-state index is -4.54. The maximum atomic E-state index is 12.2. The van der Waals surface area contributed by atoms with Crippen molar-refractivity contribution in [3.05, 3.63) is 0 Å². The molecular formula is C5H7F3O4S. The molecule has 1 aliphatic rings. The highest BCUT2D eigenvalue weighted by Crippen LogP contribution is 2.41. The van der Waals surface area contributed by atoms with Crippen molar-refractivity contribution in [2.24, 2.45) is 5.41 Å². The predicted molar refractivity (Wildman–Crippen MR) is 35.0 cm³/mol. The van der Waals surface area contributed by atoms with Gasteiger partial charge in [-0.05, 0) is 6.92 Å². The Balaban J connectivity index is 2.79. The van der Waals surface area contributed by atoms with Crippen LogP contribution in [0.2, 0.25) is 0 Å². The molecule has 1 saturated heterocycles. The van der Waals surface area contributed by atoms with Crippen LogP contribution in [0.25, 0.3) is 0 Å². The van der Waals surface area contributed by atoms with Crippen molar-refractivity contribution in [1.82, 2.24) is 0 Å². The number of rotatable bonds is 0. The van der Waals surface area contributed by atoms with E-state index in [2.05, 4.69) is 8.37 Å². The summed E-state index contributed by atoms with van der Waals surface area (Å²) in [5.41, 5.74) is -2.25. The lowest BCUT2D eigenvalue weighted by Gasteiger charge is -2.33. The molecule has 0 bridgehead atoms. The van der Waals surface area contributed by atoms with Crippen LogP contribution >= 0.6 is 0 Å². The summed E-state index contributed by atoms with van der Waals surface area (Å²) in [4.78, 5) is 0. The van der Waals surface area contributed by atoms with Crippen LogP contribution < -0.4 is 0 Å². The van der Waals surface area contributed by atoms with E-state index in [1.54, 1.807) is 0 Å². The van der Waals surface area contributed by atoms with Gasteiger partial charge in [-0.2, -0.15) is 21.6 Å². The Hall–Kier alpha value is -0.340. The minimum Gasteiger partial charge on any atom is -0.247 e. The van der Waals surface area contributed by atoms with Crippen LogP contribution in [0.3, 0.4) is 0 Å². The largest absolute Gasteiger partial charge is 0.399 e. The smallest absolute Gasteiger partial charge is 0.247 e. The molecule has 1 rings (SSSR count). The van der Waals surface area contributed by atoms with Crippen molar-refractivity contribution >= 4 is 10.4 Å². The van der Waals surface area contributed by atoms with Crippen molar-refractivity contribution < 1.29 is 30.0 Å². The quantitative estimate of drug-likeness (QED) is 0.607. The van der Waals surface area contributed by atoms with E-state index in [-0.39, 0.29) is 0 Å². The van der Waals surface area contributed by atoms with Gasteiger partial charge in [-0.25, -0.2) is 8.37 Å². The molecule has 1 heterocycles. The molecule has 0 atom stereocenters. The van der Waals surface area contributed by atoms with Gasteiger partial charge in [0.05, 0.1) is 13.2 Å². The third-order valence-corrected chi connectivity index (χ3v) is 2.54. The second-order valence-electron chi connectivity index (χ2n) is 2.99. The van der Waals surface area contributed by atoms with Gasteiger partial charge in [-0.15, -0.1) is 0 Å². The van der Waals surface area contributed by atoms with Gasteiger partial charge < -0.3 is 0 Å². The first kappa shape index (κ1) is 10.7. The standard InChI is InChI=1S/C5H7F3O4S/c1-4(5(6,7)8)2-11-13(9,10)12-3-4/h2-3H2,1H3. The summed E-state index contributed by atoms with van der Waals surface area (Å²) < 4.78 is 65.4. The van der Waals surface area contributed by atoms with Crippen LogP contribution in [0.4, 0.5) is 13.2 Å². The van der Waals surface area contributed by atoms with Crippen LogP contribution in [0.5, 0.6) is 0 Å². The van der Waals surface area contributed by atoms with Crippen molar-refractivity contribution in [1.29, 1.82) is 0 Å². The van der Waals surface area contributed by atoms with E-state index in [0.29, 0.717) is 0 Å². The zero-order chi connectivity index (χ0) is 10.3. The molecule has 78 valence electrons. The fourth-order valence-corrected chi connectivity index (χ4v) is 1.52. The van der Waals surface area contributed by atoms with Gasteiger partial charge in [-0.3, -0.25) is 0 Å². The Morgan fingerprint density at radius 2 is 1.62 bits per heavy atom. The van der Waals surface area contributed by atoms with Gasteiger partial charge in [0, 0.05) is 0 Å². The first-order valence-corrected chi connectivity index (χ1v) is 4.60. The summed E-state index contributed by atoms with van der Waals surface area (Å²) >= 11 is 0. The summed E-state index contributed by atoms with van der Waals surface area (Å²) in [5.74, 6) is 0. The number of hydrogen-bond donors (Lipinski definition) is 0. The summed E-state index contributed by atoms with van der Waals surface area (Å²) in [5, 5.41) is 0. The number of alkyl halides is 3. The molecule has 0 unspecified atom stereocenters. The highest BCUT2D eigenvalue weighted by Gasteiger charge is 2.55. The normalized spacial score (nSPS) is 27.1. The molecule has 0 aliphatic carbocycles. The van der Waals surface area contributed by atoms with E-state index < -0.39 is 35.2 Å². The average molecular weight is 220 g/mol. The molecule has 0 N–H and O–H groups in total. The second-order valence-corrected chi connectivity index (χ2v) is 4.28. The lowest BCUT2D eigenvalue weighted by molar-refractivity contribution is -0.242. The van der Waals surface area contributed by atoms with Gasteiger partial charge in [0.15, 0.2) is 0 Å². The van der Waals surface area contributed by atoms with Crippen LogP contribution in [0.15, 0.2) is 0 Å². The molecule has 0 spiro atoms. The average Bonchev–Trinajstić information content (AvgIpc) is 1.94.